The van der Waals surface area contributed by atoms with Gasteiger partial charge in [0.05, 0.1) is 11.0 Å². The van der Waals surface area contributed by atoms with Gasteiger partial charge in [-0.3, -0.25) is 15.1 Å². The second-order valence-electron chi connectivity index (χ2n) is 7.06. The lowest BCUT2D eigenvalue weighted by molar-refractivity contribution is 0.102. The highest BCUT2D eigenvalue weighted by Gasteiger charge is 2.16. The third-order valence-electron chi connectivity index (χ3n) is 4.62. The molecule has 29 heavy (non-hydrogen) atoms. The van der Waals surface area contributed by atoms with Crippen molar-refractivity contribution >= 4 is 22.9 Å². The molecule has 3 aromatic heterocycles. The van der Waals surface area contributed by atoms with Gasteiger partial charge in [-0.2, -0.15) is 0 Å². The summed E-state index contributed by atoms with van der Waals surface area (Å²) in [5.41, 5.74) is 3.10. The first-order valence-corrected chi connectivity index (χ1v) is 9.61. The van der Waals surface area contributed by atoms with E-state index in [-0.39, 0.29) is 11.8 Å². The Balaban J connectivity index is 1.62. The number of carbonyl (C=O) groups excluding carboxylic acids is 1. The van der Waals surface area contributed by atoms with Gasteiger partial charge in [-0.25, -0.2) is 15.0 Å². The molecule has 0 atom stereocenters. The minimum absolute atomic E-state index is 0.144. The summed E-state index contributed by atoms with van der Waals surface area (Å²) in [4.78, 5) is 30.4. The molecule has 0 saturated carbocycles. The van der Waals surface area contributed by atoms with E-state index < -0.39 is 0 Å². The van der Waals surface area contributed by atoms with Crippen molar-refractivity contribution < 1.29 is 4.79 Å². The summed E-state index contributed by atoms with van der Waals surface area (Å²) in [6.07, 6.45) is 4.13. The van der Waals surface area contributed by atoms with Gasteiger partial charge in [-0.05, 0) is 30.3 Å². The van der Waals surface area contributed by atoms with Crippen LogP contribution in [0.15, 0.2) is 60.9 Å². The van der Waals surface area contributed by atoms with Gasteiger partial charge in [0.1, 0.15) is 11.5 Å². The fourth-order valence-corrected chi connectivity index (χ4v) is 3.11. The number of benzene rings is 1. The Morgan fingerprint density at radius 2 is 1.83 bits per heavy atom. The van der Waals surface area contributed by atoms with E-state index in [1.54, 1.807) is 18.5 Å². The van der Waals surface area contributed by atoms with Gasteiger partial charge >= 0.3 is 0 Å². The SMILES string of the molecule is CC(C)c1nccc(C(=O)Nc2nc3ccccc3n2CCc2ccccn2)n1. The Bertz CT molecular complexity index is 1140. The number of hydrogen-bond donors (Lipinski definition) is 1. The molecule has 0 saturated heterocycles. The number of nitrogens with one attached hydrogen (secondary N) is 1. The van der Waals surface area contributed by atoms with Crippen molar-refractivity contribution in [3.63, 3.8) is 0 Å². The monoisotopic (exact) mass is 386 g/mol. The molecule has 0 aliphatic heterocycles. The molecule has 146 valence electrons. The van der Waals surface area contributed by atoms with E-state index in [1.165, 1.54) is 0 Å². The highest BCUT2D eigenvalue weighted by Crippen LogP contribution is 2.21. The van der Waals surface area contributed by atoms with Gasteiger partial charge in [-0.15, -0.1) is 0 Å². The van der Waals surface area contributed by atoms with Crippen molar-refractivity contribution in [3.8, 4) is 0 Å². The molecule has 1 N–H and O–H groups in total. The number of hydrogen-bond acceptors (Lipinski definition) is 5. The van der Waals surface area contributed by atoms with Crippen molar-refractivity contribution in [1.29, 1.82) is 0 Å². The maximum absolute atomic E-state index is 12.8. The van der Waals surface area contributed by atoms with Crippen molar-refractivity contribution in [3.05, 3.63) is 78.1 Å². The molecule has 0 aliphatic carbocycles. The molecule has 0 spiro atoms. The number of carbonyl (C=O) groups is 1. The Morgan fingerprint density at radius 1 is 1.00 bits per heavy atom. The van der Waals surface area contributed by atoms with Crippen LogP contribution in [0.5, 0.6) is 0 Å². The number of para-hydroxylation sites is 2. The van der Waals surface area contributed by atoms with Crippen LogP contribution in [0.2, 0.25) is 0 Å². The highest BCUT2D eigenvalue weighted by molar-refractivity contribution is 6.02. The Labute approximate surface area is 168 Å². The fourth-order valence-electron chi connectivity index (χ4n) is 3.11. The molecule has 0 fully saturated rings. The van der Waals surface area contributed by atoms with Crippen LogP contribution < -0.4 is 5.32 Å². The van der Waals surface area contributed by atoms with E-state index in [0.717, 1.165) is 23.1 Å². The van der Waals surface area contributed by atoms with Crippen molar-refractivity contribution in [1.82, 2.24) is 24.5 Å². The lowest BCUT2D eigenvalue weighted by Crippen LogP contribution is -2.19. The molecule has 7 nitrogen and oxygen atoms in total. The van der Waals surface area contributed by atoms with Crippen LogP contribution in [0.4, 0.5) is 5.95 Å². The van der Waals surface area contributed by atoms with E-state index in [0.29, 0.717) is 24.0 Å². The van der Waals surface area contributed by atoms with E-state index in [9.17, 15) is 4.79 Å². The van der Waals surface area contributed by atoms with Gasteiger partial charge in [-0.1, -0.05) is 32.0 Å². The molecule has 0 bridgehead atoms. The average Bonchev–Trinajstić information content (AvgIpc) is 3.10. The summed E-state index contributed by atoms with van der Waals surface area (Å²) < 4.78 is 2.01. The predicted molar refractivity (Wildman–Crippen MR) is 112 cm³/mol. The third-order valence-corrected chi connectivity index (χ3v) is 4.62. The summed E-state index contributed by atoms with van der Waals surface area (Å²) in [5.74, 6) is 0.979. The minimum atomic E-state index is -0.302. The second kappa shape index (κ2) is 8.18. The maximum atomic E-state index is 12.8. The first kappa shape index (κ1) is 18.7. The topological polar surface area (TPSA) is 85.6 Å². The molecular weight excluding hydrogens is 364 g/mol. The minimum Gasteiger partial charge on any atom is -0.310 e. The number of imidazole rings is 1. The van der Waals surface area contributed by atoms with Crippen molar-refractivity contribution in [2.45, 2.75) is 32.7 Å². The molecule has 7 heteroatoms. The number of nitrogens with zero attached hydrogens (tertiary/aromatic N) is 5. The standard InChI is InChI=1S/C22H22N6O/c1-15(2)20-24-13-10-18(25-20)21(29)27-22-26-17-8-3-4-9-19(17)28(22)14-11-16-7-5-6-12-23-16/h3-10,12-13,15H,11,14H2,1-2H3,(H,26,27,29). The zero-order chi connectivity index (χ0) is 20.2. The second-order valence-corrected chi connectivity index (χ2v) is 7.06. The summed E-state index contributed by atoms with van der Waals surface area (Å²) in [6.45, 7) is 4.64. The molecule has 1 aromatic carbocycles. The van der Waals surface area contributed by atoms with Crippen LogP contribution in [0, 0.1) is 0 Å². The first-order chi connectivity index (χ1) is 14.1. The van der Waals surface area contributed by atoms with Crippen LogP contribution >= 0.6 is 0 Å². The Morgan fingerprint density at radius 3 is 2.62 bits per heavy atom. The number of amides is 1. The normalized spacial score (nSPS) is 11.1. The molecule has 1 amide bonds. The predicted octanol–water partition coefficient (Wildman–Crippen LogP) is 3.84. The Kier molecular flexibility index (Phi) is 5.29. The van der Waals surface area contributed by atoms with Crippen LogP contribution in [-0.4, -0.2) is 30.4 Å². The van der Waals surface area contributed by atoms with E-state index in [4.69, 9.17) is 0 Å². The molecular formula is C22H22N6O. The molecule has 4 aromatic rings. The van der Waals surface area contributed by atoms with Crippen molar-refractivity contribution in [2.24, 2.45) is 0 Å². The van der Waals surface area contributed by atoms with Crippen LogP contribution in [0.1, 0.15) is 41.8 Å². The van der Waals surface area contributed by atoms with E-state index in [2.05, 4.69) is 25.3 Å². The maximum Gasteiger partial charge on any atom is 0.276 e. The number of aryl methyl sites for hydroxylation is 2. The third kappa shape index (κ3) is 4.13. The number of rotatable bonds is 6. The van der Waals surface area contributed by atoms with Gasteiger partial charge < -0.3 is 4.57 Å². The van der Waals surface area contributed by atoms with E-state index in [1.807, 2.05) is 60.9 Å². The van der Waals surface area contributed by atoms with Gasteiger partial charge in [0, 0.05) is 37.0 Å². The van der Waals surface area contributed by atoms with Gasteiger partial charge in [0.25, 0.3) is 5.91 Å². The summed E-state index contributed by atoms with van der Waals surface area (Å²) in [7, 11) is 0. The van der Waals surface area contributed by atoms with Crippen molar-refractivity contribution in [2.75, 3.05) is 5.32 Å². The largest absolute Gasteiger partial charge is 0.310 e. The van der Waals surface area contributed by atoms with Crippen LogP contribution in [0.25, 0.3) is 11.0 Å². The molecule has 0 unspecified atom stereocenters. The number of fused-ring (bicyclic) bond motifs is 1. The zero-order valence-electron chi connectivity index (χ0n) is 16.4. The smallest absolute Gasteiger partial charge is 0.276 e. The zero-order valence-corrected chi connectivity index (χ0v) is 16.4. The molecule has 0 radical (unpaired) electrons. The number of anilines is 1. The Hall–Kier alpha value is -3.61. The summed E-state index contributed by atoms with van der Waals surface area (Å²) in [5, 5.41) is 2.92. The first-order valence-electron chi connectivity index (χ1n) is 9.61. The molecule has 4 rings (SSSR count). The summed E-state index contributed by atoms with van der Waals surface area (Å²) >= 11 is 0. The lowest BCUT2D eigenvalue weighted by atomic mass is 10.2. The van der Waals surface area contributed by atoms with Gasteiger partial charge in [0.15, 0.2) is 0 Å². The molecule has 3 heterocycles. The van der Waals surface area contributed by atoms with Crippen LogP contribution in [0.3, 0.4) is 0 Å². The highest BCUT2D eigenvalue weighted by atomic mass is 16.2. The van der Waals surface area contributed by atoms with E-state index >= 15 is 0 Å². The fraction of sp³-hybridized carbons (Fsp3) is 0.227. The summed E-state index contributed by atoms with van der Waals surface area (Å²) in [6, 6.07) is 15.3. The lowest BCUT2D eigenvalue weighted by Gasteiger charge is -2.10. The van der Waals surface area contributed by atoms with Crippen LogP contribution in [-0.2, 0) is 13.0 Å². The number of pyridine rings is 1. The van der Waals surface area contributed by atoms with Gasteiger partial charge in [0.2, 0.25) is 5.95 Å². The number of aromatic nitrogens is 5. The quantitative estimate of drug-likeness (QED) is 0.544. The average molecular weight is 386 g/mol. The molecule has 0 aliphatic rings.